The van der Waals surface area contributed by atoms with Crippen LogP contribution in [0.2, 0.25) is 0 Å². The van der Waals surface area contributed by atoms with Gasteiger partial charge in [0.15, 0.2) is 0 Å². The number of nitrogens with one attached hydrogen (secondary N) is 2. The predicted molar refractivity (Wildman–Crippen MR) is 95.4 cm³/mol. The van der Waals surface area contributed by atoms with Gasteiger partial charge < -0.3 is 5.32 Å². The van der Waals surface area contributed by atoms with Gasteiger partial charge in [-0.1, -0.05) is 12.1 Å². The van der Waals surface area contributed by atoms with Crippen molar-refractivity contribution in [3.05, 3.63) is 66.4 Å². The van der Waals surface area contributed by atoms with Gasteiger partial charge in [0.25, 0.3) is 0 Å². The zero-order valence-corrected chi connectivity index (χ0v) is 13.3. The Kier molecular flexibility index (Phi) is 3.68. The molecule has 3 heterocycles. The number of fused-ring (bicyclic) bond motifs is 1. The van der Waals surface area contributed by atoms with Crippen molar-refractivity contribution in [3.8, 4) is 11.3 Å². The Morgan fingerprint density at radius 2 is 1.96 bits per heavy atom. The quantitative estimate of drug-likeness (QED) is 0.592. The van der Waals surface area contributed by atoms with Crippen LogP contribution in [0, 0.1) is 0 Å². The van der Waals surface area contributed by atoms with Gasteiger partial charge in [0.05, 0.1) is 10.7 Å². The average molecular weight is 335 g/mol. The lowest BCUT2D eigenvalue weighted by Gasteiger charge is -2.06. The third kappa shape index (κ3) is 2.97. The number of amides is 2. The van der Waals surface area contributed by atoms with Gasteiger partial charge in [-0.25, -0.2) is 14.8 Å². The van der Waals surface area contributed by atoms with Gasteiger partial charge in [-0.3, -0.25) is 9.72 Å². The van der Waals surface area contributed by atoms with E-state index in [9.17, 15) is 4.79 Å². The standard InChI is InChI=1S/C17H13N5OS/c23-17(21-15-3-1-10-24-15)19-13-6-4-12(5-7-13)14-11-22-9-2-8-18-16(22)20-14/h1-11H,(H2,19,21,23). The largest absolute Gasteiger partial charge is 0.324 e. The number of nitrogens with zero attached hydrogens (tertiary/aromatic N) is 3. The average Bonchev–Trinajstić information content (AvgIpc) is 3.24. The van der Waals surface area contributed by atoms with Crippen LogP contribution in [0.5, 0.6) is 0 Å². The molecule has 7 heteroatoms. The molecule has 0 spiro atoms. The molecular formula is C17H13N5OS. The number of rotatable bonds is 3. The van der Waals surface area contributed by atoms with Crippen molar-refractivity contribution in [1.29, 1.82) is 0 Å². The van der Waals surface area contributed by atoms with Crippen LogP contribution in [0.3, 0.4) is 0 Å². The van der Waals surface area contributed by atoms with Crippen LogP contribution in [0.4, 0.5) is 15.5 Å². The maximum absolute atomic E-state index is 11.9. The molecule has 118 valence electrons. The molecule has 4 rings (SSSR count). The second kappa shape index (κ2) is 6.13. The lowest BCUT2D eigenvalue weighted by atomic mass is 10.1. The van der Waals surface area contributed by atoms with Crippen molar-refractivity contribution >= 4 is 33.8 Å². The fourth-order valence-corrected chi connectivity index (χ4v) is 2.93. The maximum Gasteiger partial charge on any atom is 0.324 e. The third-order valence-corrected chi connectivity index (χ3v) is 4.22. The van der Waals surface area contributed by atoms with Gasteiger partial charge >= 0.3 is 6.03 Å². The summed E-state index contributed by atoms with van der Waals surface area (Å²) in [5.41, 5.74) is 2.52. The summed E-state index contributed by atoms with van der Waals surface area (Å²) in [6, 6.07) is 12.9. The molecule has 0 aliphatic rings. The van der Waals surface area contributed by atoms with Gasteiger partial charge in [0, 0.05) is 29.8 Å². The molecular weight excluding hydrogens is 322 g/mol. The molecule has 2 N–H and O–H groups in total. The topological polar surface area (TPSA) is 71.3 Å². The van der Waals surface area contributed by atoms with E-state index in [-0.39, 0.29) is 6.03 Å². The minimum atomic E-state index is -0.262. The number of thiophene rings is 1. The lowest BCUT2D eigenvalue weighted by Crippen LogP contribution is -2.18. The van der Waals surface area contributed by atoms with Crippen LogP contribution in [0.25, 0.3) is 17.0 Å². The first-order chi connectivity index (χ1) is 11.8. The van der Waals surface area contributed by atoms with Crippen LogP contribution in [-0.4, -0.2) is 20.4 Å². The van der Waals surface area contributed by atoms with Crippen molar-refractivity contribution in [2.24, 2.45) is 0 Å². The lowest BCUT2D eigenvalue weighted by molar-refractivity contribution is 0.262. The molecule has 0 saturated carbocycles. The van der Waals surface area contributed by atoms with E-state index in [1.165, 1.54) is 11.3 Å². The zero-order valence-electron chi connectivity index (χ0n) is 12.5. The van der Waals surface area contributed by atoms with E-state index in [4.69, 9.17) is 0 Å². The Bertz CT molecular complexity index is 943. The Labute approximate surface area is 141 Å². The van der Waals surface area contributed by atoms with E-state index < -0.39 is 0 Å². The Hall–Kier alpha value is -3.19. The number of imidazole rings is 1. The number of hydrogen-bond acceptors (Lipinski definition) is 4. The molecule has 3 aromatic heterocycles. The number of carbonyl (C=O) groups is 1. The molecule has 4 aromatic rings. The van der Waals surface area contributed by atoms with Gasteiger partial charge in [0.2, 0.25) is 5.78 Å². The molecule has 6 nitrogen and oxygen atoms in total. The van der Waals surface area contributed by atoms with Crippen molar-refractivity contribution < 1.29 is 4.79 Å². The van der Waals surface area contributed by atoms with E-state index in [1.807, 2.05) is 64.6 Å². The monoisotopic (exact) mass is 335 g/mol. The highest BCUT2D eigenvalue weighted by atomic mass is 32.1. The summed E-state index contributed by atoms with van der Waals surface area (Å²) in [6.07, 6.45) is 5.54. The normalized spacial score (nSPS) is 10.7. The first-order valence-electron chi connectivity index (χ1n) is 7.30. The third-order valence-electron chi connectivity index (χ3n) is 3.43. The number of anilines is 2. The van der Waals surface area contributed by atoms with Crippen molar-refractivity contribution in [2.75, 3.05) is 10.6 Å². The molecule has 0 unspecified atom stereocenters. The van der Waals surface area contributed by atoms with Crippen LogP contribution in [0.1, 0.15) is 0 Å². The number of benzene rings is 1. The molecule has 0 aliphatic heterocycles. The molecule has 0 aliphatic carbocycles. The smallest absolute Gasteiger partial charge is 0.308 e. The molecule has 0 atom stereocenters. The van der Waals surface area contributed by atoms with Crippen LogP contribution in [0.15, 0.2) is 66.4 Å². The number of urea groups is 1. The van der Waals surface area contributed by atoms with Crippen molar-refractivity contribution in [1.82, 2.24) is 14.4 Å². The summed E-state index contributed by atoms with van der Waals surface area (Å²) < 4.78 is 1.87. The minimum absolute atomic E-state index is 0.262. The molecule has 24 heavy (non-hydrogen) atoms. The second-order valence-corrected chi connectivity index (χ2v) is 6.03. The highest BCUT2D eigenvalue weighted by Gasteiger charge is 2.06. The van der Waals surface area contributed by atoms with E-state index in [0.717, 1.165) is 21.9 Å². The Morgan fingerprint density at radius 1 is 1.08 bits per heavy atom. The molecule has 0 saturated heterocycles. The summed E-state index contributed by atoms with van der Waals surface area (Å²) >= 11 is 1.48. The van der Waals surface area contributed by atoms with Crippen molar-refractivity contribution in [3.63, 3.8) is 0 Å². The molecule has 1 aromatic carbocycles. The van der Waals surface area contributed by atoms with E-state index in [1.54, 1.807) is 6.20 Å². The number of carbonyl (C=O) groups excluding carboxylic acids is 1. The van der Waals surface area contributed by atoms with Crippen LogP contribution < -0.4 is 10.6 Å². The Balaban J connectivity index is 1.49. The van der Waals surface area contributed by atoms with Gasteiger partial charge in [-0.2, -0.15) is 0 Å². The number of aromatic nitrogens is 3. The molecule has 0 bridgehead atoms. The zero-order chi connectivity index (χ0) is 16.4. The van der Waals surface area contributed by atoms with Crippen molar-refractivity contribution in [2.45, 2.75) is 0 Å². The van der Waals surface area contributed by atoms with Gasteiger partial charge in [-0.15, -0.1) is 11.3 Å². The summed E-state index contributed by atoms with van der Waals surface area (Å²) in [5.74, 6) is 0.657. The minimum Gasteiger partial charge on any atom is -0.308 e. The van der Waals surface area contributed by atoms with Crippen LogP contribution >= 0.6 is 11.3 Å². The fraction of sp³-hybridized carbons (Fsp3) is 0. The molecule has 0 fully saturated rings. The highest BCUT2D eigenvalue weighted by Crippen LogP contribution is 2.21. The van der Waals surface area contributed by atoms with Gasteiger partial charge in [-0.05, 0) is 35.7 Å². The SMILES string of the molecule is O=C(Nc1ccc(-c2cn3cccnc3n2)cc1)Nc1cccs1. The highest BCUT2D eigenvalue weighted by molar-refractivity contribution is 7.14. The first kappa shape index (κ1) is 14.4. The summed E-state index contributed by atoms with van der Waals surface area (Å²) in [4.78, 5) is 20.6. The van der Waals surface area contributed by atoms with Crippen LogP contribution in [-0.2, 0) is 0 Å². The Morgan fingerprint density at radius 3 is 2.71 bits per heavy atom. The number of hydrogen-bond donors (Lipinski definition) is 2. The summed E-state index contributed by atoms with van der Waals surface area (Å²) in [5, 5.41) is 8.30. The first-order valence-corrected chi connectivity index (χ1v) is 8.17. The maximum atomic E-state index is 11.9. The van der Waals surface area contributed by atoms with Gasteiger partial charge in [0.1, 0.15) is 0 Å². The second-order valence-electron chi connectivity index (χ2n) is 5.09. The summed E-state index contributed by atoms with van der Waals surface area (Å²) in [6.45, 7) is 0. The molecule has 2 amide bonds. The summed E-state index contributed by atoms with van der Waals surface area (Å²) in [7, 11) is 0. The van der Waals surface area contributed by atoms with E-state index in [2.05, 4.69) is 20.6 Å². The predicted octanol–water partition coefficient (Wildman–Crippen LogP) is 4.10. The molecule has 0 radical (unpaired) electrons. The van der Waals surface area contributed by atoms with E-state index >= 15 is 0 Å². The van der Waals surface area contributed by atoms with E-state index in [0.29, 0.717) is 5.78 Å². The fourth-order valence-electron chi connectivity index (χ4n) is 2.32.